The van der Waals surface area contributed by atoms with Crippen molar-refractivity contribution < 1.29 is 32.4 Å². The molecular weight excluding hydrogens is 741 g/mol. The van der Waals surface area contributed by atoms with Crippen molar-refractivity contribution >= 4 is 39.2 Å². The van der Waals surface area contributed by atoms with Crippen LogP contribution in [0.4, 0.5) is 4.79 Å². The molecule has 5 aliphatic rings. The zero-order valence-electron chi connectivity index (χ0n) is 35.9. The number of rotatable bonds is 15. The van der Waals surface area contributed by atoms with Gasteiger partial charge in [0.05, 0.1) is 28.1 Å². The number of fused-ring (bicyclic) bond motifs is 1. The van der Waals surface area contributed by atoms with Crippen LogP contribution < -0.4 is 21.3 Å². The van der Waals surface area contributed by atoms with E-state index in [9.17, 15) is 27.6 Å². The highest BCUT2D eigenvalue weighted by molar-refractivity contribution is 7.92. The van der Waals surface area contributed by atoms with Crippen molar-refractivity contribution in [2.24, 2.45) is 46.8 Å². The van der Waals surface area contributed by atoms with Gasteiger partial charge in [0.25, 0.3) is 5.91 Å². The van der Waals surface area contributed by atoms with Gasteiger partial charge in [-0.15, -0.1) is 6.58 Å². The summed E-state index contributed by atoms with van der Waals surface area (Å²) in [7, 11) is -3.55. The van der Waals surface area contributed by atoms with Crippen LogP contribution in [0.5, 0.6) is 0 Å². The molecule has 0 aliphatic heterocycles. The van der Waals surface area contributed by atoms with Crippen molar-refractivity contribution in [2.75, 3.05) is 12.3 Å². The van der Waals surface area contributed by atoms with E-state index in [1.165, 1.54) is 6.08 Å². The van der Waals surface area contributed by atoms with E-state index in [2.05, 4.69) is 48.6 Å². The maximum Gasteiger partial charge on any atom is 0.315 e. The molecule has 0 bridgehead atoms. The predicted octanol–water partition coefficient (Wildman–Crippen LogP) is 6.98. The summed E-state index contributed by atoms with van der Waals surface area (Å²) in [6.45, 7) is 15.5. The van der Waals surface area contributed by atoms with Gasteiger partial charge in [-0.3, -0.25) is 19.2 Å². The lowest BCUT2D eigenvalue weighted by Crippen LogP contribution is -2.61. The Kier molecular flexibility index (Phi) is 14.8. The fourth-order valence-corrected chi connectivity index (χ4v) is 12.6. The summed E-state index contributed by atoms with van der Waals surface area (Å²) in [5.74, 6) is -2.49. The highest BCUT2D eigenvalue weighted by atomic mass is 32.2. The largest absolute Gasteiger partial charge is 0.346 e. The SMILES string of the molecule is C=CCNC(=O)C(=O)C(CC1CCC1)NC(=O)[C@H]1CC(C(=O)[C@@H](NC(=O)NC2(CS(=O)(=O)C(C)(C)C)CCCCC2)C2CCCCC2)[C@H](C)C[C@H]2[C@@H]1CCC2(C)C. The van der Waals surface area contributed by atoms with E-state index in [-0.39, 0.29) is 59.0 Å². The second-order valence-electron chi connectivity index (χ2n) is 20.5. The van der Waals surface area contributed by atoms with Crippen LogP contribution in [0, 0.1) is 46.8 Å². The Bertz CT molecular complexity index is 1590. The van der Waals surface area contributed by atoms with Crippen LogP contribution in [0.25, 0.3) is 0 Å². The zero-order chi connectivity index (χ0) is 41.8. The van der Waals surface area contributed by atoms with E-state index in [0.717, 1.165) is 89.9 Å². The molecule has 4 N–H and O–H groups in total. The summed E-state index contributed by atoms with van der Waals surface area (Å²) in [4.78, 5) is 70.5. The molecule has 0 aromatic heterocycles. The standard InChI is InChI=1S/C45H74N4O7S/c1-8-24-46-41(53)39(51)36(26-30-16-15-17-30)47-40(52)34-27-33(29(2)25-35-32(34)20-23-44(35,6)7)38(50)37(31-18-11-9-12-19-31)48-42(54)49-45(21-13-10-14-22-45)28-57(55,56)43(3,4)5/h8,29-37H,1,9-28H2,2-7H3,(H,46,53)(H,47,52)(H2,48,49,54)/t29-,32-,33?,34+,35+,36?,37+/m1/s1. The molecule has 5 saturated carbocycles. The lowest BCUT2D eigenvalue weighted by Gasteiger charge is -2.40. The monoisotopic (exact) mass is 815 g/mol. The third kappa shape index (κ3) is 10.9. The van der Waals surface area contributed by atoms with Gasteiger partial charge in [0, 0.05) is 18.4 Å². The van der Waals surface area contributed by atoms with Crippen LogP contribution in [0.15, 0.2) is 12.7 Å². The molecule has 12 heteroatoms. The second kappa shape index (κ2) is 18.7. The summed E-state index contributed by atoms with van der Waals surface area (Å²) in [5, 5.41) is 12.0. The van der Waals surface area contributed by atoms with Crippen molar-refractivity contribution in [1.82, 2.24) is 21.3 Å². The van der Waals surface area contributed by atoms with Crippen molar-refractivity contribution in [3.63, 3.8) is 0 Å². The maximum atomic E-state index is 15.2. The van der Waals surface area contributed by atoms with Crippen molar-refractivity contribution in [3.8, 4) is 0 Å². The van der Waals surface area contributed by atoms with Crippen LogP contribution in [0.2, 0.25) is 0 Å². The zero-order valence-corrected chi connectivity index (χ0v) is 36.7. The normalized spacial score (nSPS) is 29.0. The molecule has 0 saturated heterocycles. The number of ketones is 2. The molecule has 0 radical (unpaired) electrons. The molecular formula is C45H74N4O7S. The molecule has 11 nitrogen and oxygen atoms in total. The number of amides is 4. The minimum atomic E-state index is -3.55. The number of urea groups is 1. The first kappa shape index (κ1) is 45.3. The summed E-state index contributed by atoms with van der Waals surface area (Å²) < 4.78 is 26.1. The molecule has 5 fully saturated rings. The molecule has 5 rings (SSSR count). The number of hydrogen-bond acceptors (Lipinski definition) is 7. The summed E-state index contributed by atoms with van der Waals surface area (Å²) in [5.41, 5.74) is -0.948. The molecule has 2 unspecified atom stereocenters. The Morgan fingerprint density at radius 3 is 2.07 bits per heavy atom. The third-order valence-electron chi connectivity index (χ3n) is 15.0. The molecule has 0 heterocycles. The summed E-state index contributed by atoms with van der Waals surface area (Å²) in [6, 6.07) is -2.20. The fraction of sp³-hybridized carbons (Fsp3) is 0.844. The minimum absolute atomic E-state index is 0.0228. The quantitative estimate of drug-likeness (QED) is 0.102. The Morgan fingerprint density at radius 1 is 0.825 bits per heavy atom. The lowest BCUT2D eigenvalue weighted by atomic mass is 9.72. The van der Waals surface area contributed by atoms with Crippen LogP contribution in [-0.2, 0) is 29.0 Å². The predicted molar refractivity (Wildman–Crippen MR) is 224 cm³/mol. The van der Waals surface area contributed by atoms with Crippen LogP contribution >= 0.6 is 0 Å². The molecule has 0 aromatic carbocycles. The first-order valence-corrected chi connectivity index (χ1v) is 24.0. The van der Waals surface area contributed by atoms with E-state index < -0.39 is 61.8 Å². The van der Waals surface area contributed by atoms with Crippen LogP contribution in [0.3, 0.4) is 0 Å². The van der Waals surface area contributed by atoms with E-state index >= 15 is 4.79 Å². The van der Waals surface area contributed by atoms with Crippen molar-refractivity contribution in [1.29, 1.82) is 0 Å². The van der Waals surface area contributed by atoms with Gasteiger partial charge in [-0.25, -0.2) is 13.2 Å². The molecule has 0 spiro atoms. The summed E-state index contributed by atoms with van der Waals surface area (Å²) in [6.07, 6.45) is 16.2. The average Bonchev–Trinajstić information content (AvgIpc) is 3.32. The van der Waals surface area contributed by atoms with E-state index in [1.807, 2.05) is 0 Å². The Hall–Kier alpha value is -2.76. The van der Waals surface area contributed by atoms with Gasteiger partial charge in [0.1, 0.15) is 0 Å². The highest BCUT2D eigenvalue weighted by Crippen LogP contribution is 2.56. The lowest BCUT2D eigenvalue weighted by molar-refractivity contribution is -0.141. The Balaban J connectivity index is 1.42. The number of hydrogen-bond donors (Lipinski definition) is 4. The average molecular weight is 815 g/mol. The molecule has 57 heavy (non-hydrogen) atoms. The fourth-order valence-electron chi connectivity index (χ4n) is 11.1. The van der Waals surface area contributed by atoms with Crippen LogP contribution in [0.1, 0.15) is 157 Å². The molecule has 4 amide bonds. The van der Waals surface area contributed by atoms with Gasteiger partial charge in [-0.05, 0) is 114 Å². The number of carbonyl (C=O) groups is 5. The molecule has 0 aromatic rings. The maximum absolute atomic E-state index is 15.2. The number of nitrogens with one attached hydrogen (secondary N) is 4. The van der Waals surface area contributed by atoms with Gasteiger partial charge in [-0.1, -0.05) is 84.6 Å². The smallest absolute Gasteiger partial charge is 0.315 e. The Labute approximate surface area is 343 Å². The van der Waals surface area contributed by atoms with Gasteiger partial charge >= 0.3 is 6.03 Å². The third-order valence-corrected chi connectivity index (χ3v) is 17.8. The van der Waals surface area contributed by atoms with Gasteiger partial charge in [-0.2, -0.15) is 0 Å². The number of carbonyl (C=O) groups excluding carboxylic acids is 5. The van der Waals surface area contributed by atoms with Gasteiger partial charge in [0.2, 0.25) is 11.7 Å². The van der Waals surface area contributed by atoms with Gasteiger partial charge in [0.15, 0.2) is 15.6 Å². The second-order valence-corrected chi connectivity index (χ2v) is 23.2. The number of sulfone groups is 1. The molecule has 322 valence electrons. The first-order valence-electron chi connectivity index (χ1n) is 22.4. The Morgan fingerprint density at radius 2 is 1.47 bits per heavy atom. The van der Waals surface area contributed by atoms with E-state index in [4.69, 9.17) is 0 Å². The molecule has 5 aliphatic carbocycles. The molecule has 7 atom stereocenters. The van der Waals surface area contributed by atoms with Gasteiger partial charge < -0.3 is 21.3 Å². The first-order chi connectivity index (χ1) is 26.8. The van der Waals surface area contributed by atoms with E-state index in [0.29, 0.717) is 25.7 Å². The van der Waals surface area contributed by atoms with E-state index in [1.54, 1.807) is 20.8 Å². The van der Waals surface area contributed by atoms with Crippen LogP contribution in [-0.4, -0.2) is 72.5 Å². The topological polar surface area (TPSA) is 168 Å². The van der Waals surface area contributed by atoms with Crippen molar-refractivity contribution in [2.45, 2.75) is 179 Å². The minimum Gasteiger partial charge on any atom is -0.346 e. The summed E-state index contributed by atoms with van der Waals surface area (Å²) >= 11 is 0. The highest BCUT2D eigenvalue weighted by Gasteiger charge is 2.53. The number of Topliss-reactive ketones (excluding diaryl/α,β-unsaturated/α-hetero) is 2. The van der Waals surface area contributed by atoms with Crippen molar-refractivity contribution in [3.05, 3.63) is 12.7 Å².